The van der Waals surface area contributed by atoms with Crippen molar-refractivity contribution in [2.45, 2.75) is 6.54 Å². The van der Waals surface area contributed by atoms with E-state index in [-0.39, 0.29) is 0 Å². The van der Waals surface area contributed by atoms with Gasteiger partial charge in [0.15, 0.2) is 0 Å². The molecule has 0 aliphatic rings. The van der Waals surface area contributed by atoms with Gasteiger partial charge in [-0.2, -0.15) is 0 Å². The van der Waals surface area contributed by atoms with Crippen molar-refractivity contribution in [2.75, 3.05) is 0 Å². The average Bonchev–Trinajstić information content (AvgIpc) is 1.90. The van der Waals surface area contributed by atoms with Crippen molar-refractivity contribution in [1.29, 1.82) is 0 Å². The monoisotopic (exact) mass is 110 g/mol. The van der Waals surface area contributed by atoms with Gasteiger partial charge in [-0.25, -0.2) is 4.42 Å². The first kappa shape index (κ1) is 5.25. The molecular weight excluding hydrogens is 102 g/mol. The molecule has 0 fully saturated rings. The summed E-state index contributed by atoms with van der Waals surface area (Å²) in [5, 5.41) is 0. The topological polar surface area (TPSA) is 37.3 Å². The van der Waals surface area contributed by atoms with Gasteiger partial charge in [0.2, 0.25) is 0 Å². The van der Waals surface area contributed by atoms with Crippen molar-refractivity contribution < 1.29 is 4.42 Å². The number of rotatable bonds is 1. The standard InChI is InChI=1S/C6H8NO/c7-4-6-2-1-3-8-5-6/h1-3,5H,4,7H2/q+1. The summed E-state index contributed by atoms with van der Waals surface area (Å²) >= 11 is 0. The normalized spacial score (nSPS) is 9.12. The Balaban J connectivity index is 2.83. The van der Waals surface area contributed by atoms with Gasteiger partial charge in [-0.1, -0.05) is 0 Å². The maximum Gasteiger partial charge on any atom is 0.322 e. The minimum Gasteiger partial charge on any atom is -0.326 e. The summed E-state index contributed by atoms with van der Waals surface area (Å²) in [5.74, 6) is 0. The Hall–Kier alpha value is -0.890. The number of hydrogen-bond acceptors (Lipinski definition) is 1. The largest absolute Gasteiger partial charge is 0.326 e. The summed E-state index contributed by atoms with van der Waals surface area (Å²) in [6, 6.07) is 3.74. The molecule has 2 N–H and O–H groups in total. The fourth-order valence-corrected chi connectivity index (χ4v) is 0.490. The van der Waals surface area contributed by atoms with E-state index >= 15 is 0 Å². The molecule has 1 rings (SSSR count). The molecule has 0 atom stereocenters. The molecule has 0 saturated carbocycles. The highest BCUT2D eigenvalue weighted by Gasteiger charge is 1.91. The van der Waals surface area contributed by atoms with Gasteiger partial charge in [-0.05, 0) is 6.07 Å². The fraction of sp³-hybridized carbons (Fsp3) is 0.167. The van der Waals surface area contributed by atoms with E-state index in [1.165, 1.54) is 0 Å². The Morgan fingerprint density at radius 3 is 2.88 bits per heavy atom. The fourth-order valence-electron chi connectivity index (χ4n) is 0.490. The van der Waals surface area contributed by atoms with Crippen LogP contribution in [-0.2, 0) is 6.54 Å². The molecule has 1 aromatic heterocycles. The summed E-state index contributed by atoms with van der Waals surface area (Å²) in [6.07, 6.45) is 3.25. The Bertz CT molecular complexity index is 150. The minimum absolute atomic E-state index is 0.546. The van der Waals surface area contributed by atoms with E-state index in [1.54, 1.807) is 12.5 Å². The van der Waals surface area contributed by atoms with Crippen LogP contribution in [0.4, 0.5) is 0 Å². The lowest BCUT2D eigenvalue weighted by Crippen LogP contribution is -1.94. The molecule has 1 aromatic rings. The average molecular weight is 110 g/mol. The van der Waals surface area contributed by atoms with Gasteiger partial charge >= 0.3 is 12.5 Å². The van der Waals surface area contributed by atoms with Crippen LogP contribution in [0.2, 0.25) is 0 Å². The zero-order valence-corrected chi connectivity index (χ0v) is 4.50. The van der Waals surface area contributed by atoms with Crippen molar-refractivity contribution in [1.82, 2.24) is 0 Å². The highest BCUT2D eigenvalue weighted by atomic mass is 16.3. The first-order valence-corrected chi connectivity index (χ1v) is 2.48. The first-order chi connectivity index (χ1) is 3.93. The third kappa shape index (κ3) is 1.04. The Kier molecular flexibility index (Phi) is 1.59. The van der Waals surface area contributed by atoms with Crippen LogP contribution in [0, 0.1) is 0 Å². The van der Waals surface area contributed by atoms with E-state index in [0.717, 1.165) is 5.56 Å². The van der Waals surface area contributed by atoms with Crippen molar-refractivity contribution in [3.8, 4) is 0 Å². The molecule has 0 bridgehead atoms. The molecule has 8 heavy (non-hydrogen) atoms. The van der Waals surface area contributed by atoms with E-state index < -0.39 is 0 Å². The maximum absolute atomic E-state index is 5.29. The van der Waals surface area contributed by atoms with Crippen LogP contribution in [0.25, 0.3) is 0 Å². The van der Waals surface area contributed by atoms with Crippen molar-refractivity contribution in [3.63, 3.8) is 0 Å². The summed E-state index contributed by atoms with van der Waals surface area (Å²) in [7, 11) is 0. The first-order valence-electron chi connectivity index (χ1n) is 2.48. The molecule has 0 saturated heterocycles. The number of nitrogens with two attached hydrogens (primary N) is 1. The Morgan fingerprint density at radius 1 is 1.62 bits per heavy atom. The van der Waals surface area contributed by atoms with E-state index in [1.807, 2.05) is 12.1 Å². The SMILES string of the molecule is NCc1ccc[o+]c1. The molecule has 0 unspecified atom stereocenters. The lowest BCUT2D eigenvalue weighted by molar-refractivity contribution is 0.542. The van der Waals surface area contributed by atoms with Crippen LogP contribution in [0.15, 0.2) is 29.1 Å². The molecule has 0 amide bonds. The highest BCUT2D eigenvalue weighted by Crippen LogP contribution is 1.94. The molecule has 0 radical (unpaired) electrons. The van der Waals surface area contributed by atoms with E-state index in [9.17, 15) is 0 Å². The zero-order valence-electron chi connectivity index (χ0n) is 4.50. The Labute approximate surface area is 47.9 Å². The van der Waals surface area contributed by atoms with Gasteiger partial charge < -0.3 is 5.73 Å². The molecule has 0 aliphatic heterocycles. The van der Waals surface area contributed by atoms with Crippen LogP contribution < -0.4 is 5.73 Å². The van der Waals surface area contributed by atoms with Crippen molar-refractivity contribution >= 4 is 0 Å². The summed E-state index contributed by atoms with van der Waals surface area (Å²) < 4.78 is 4.82. The van der Waals surface area contributed by atoms with E-state index in [4.69, 9.17) is 10.2 Å². The van der Waals surface area contributed by atoms with Crippen LogP contribution in [0.1, 0.15) is 5.56 Å². The summed E-state index contributed by atoms with van der Waals surface area (Å²) in [5.41, 5.74) is 6.31. The molecule has 2 nitrogen and oxygen atoms in total. The number of hydrogen-bond donors (Lipinski definition) is 1. The molecule has 1 heterocycles. The third-order valence-corrected chi connectivity index (χ3v) is 0.923. The lowest BCUT2D eigenvalue weighted by atomic mass is 10.3. The van der Waals surface area contributed by atoms with E-state index in [0.29, 0.717) is 6.54 Å². The lowest BCUT2D eigenvalue weighted by Gasteiger charge is -1.81. The second kappa shape index (κ2) is 2.43. The second-order valence-corrected chi connectivity index (χ2v) is 1.53. The second-order valence-electron chi connectivity index (χ2n) is 1.53. The Morgan fingerprint density at radius 2 is 2.50 bits per heavy atom. The quantitative estimate of drug-likeness (QED) is 0.548. The van der Waals surface area contributed by atoms with Gasteiger partial charge in [-0.15, -0.1) is 0 Å². The smallest absolute Gasteiger partial charge is 0.322 e. The molecule has 0 aliphatic carbocycles. The van der Waals surface area contributed by atoms with Gasteiger partial charge in [-0.3, -0.25) is 0 Å². The minimum atomic E-state index is 0.546. The molecular formula is C6H8NO+. The molecule has 0 spiro atoms. The predicted octanol–water partition coefficient (Wildman–Crippen LogP) is 1.02. The molecule has 2 heteroatoms. The highest BCUT2D eigenvalue weighted by molar-refractivity contribution is 5.04. The zero-order chi connectivity index (χ0) is 5.82. The van der Waals surface area contributed by atoms with Crippen LogP contribution >= 0.6 is 0 Å². The summed E-state index contributed by atoms with van der Waals surface area (Å²) in [4.78, 5) is 0. The van der Waals surface area contributed by atoms with Crippen LogP contribution in [0.5, 0.6) is 0 Å². The molecule has 0 aromatic carbocycles. The van der Waals surface area contributed by atoms with E-state index in [2.05, 4.69) is 0 Å². The third-order valence-electron chi connectivity index (χ3n) is 0.923. The van der Waals surface area contributed by atoms with Crippen molar-refractivity contribution in [2.24, 2.45) is 5.73 Å². The molecule has 42 valence electrons. The maximum atomic E-state index is 5.29. The van der Waals surface area contributed by atoms with Crippen LogP contribution in [-0.4, -0.2) is 0 Å². The predicted molar refractivity (Wildman–Crippen MR) is 31.0 cm³/mol. The van der Waals surface area contributed by atoms with Gasteiger partial charge in [0.05, 0.1) is 5.56 Å². The summed E-state index contributed by atoms with van der Waals surface area (Å²) in [6.45, 7) is 0.546. The van der Waals surface area contributed by atoms with Crippen LogP contribution in [0.3, 0.4) is 0 Å². The van der Waals surface area contributed by atoms with Crippen molar-refractivity contribution in [3.05, 3.63) is 30.2 Å². The van der Waals surface area contributed by atoms with Gasteiger partial charge in [0.1, 0.15) is 0 Å². The van der Waals surface area contributed by atoms with Gasteiger partial charge in [0.25, 0.3) is 0 Å². The van der Waals surface area contributed by atoms with Gasteiger partial charge in [0, 0.05) is 12.6 Å².